The molecule has 100 valence electrons. The fourth-order valence-electron chi connectivity index (χ4n) is 2.57. The SMILES string of the molecule is CSCCCCNC1CC(c2ccc(C)cc2)C1. The Labute approximate surface area is 116 Å². The molecule has 18 heavy (non-hydrogen) atoms. The van der Waals surface area contributed by atoms with Crippen molar-refractivity contribution in [2.45, 2.75) is 44.6 Å². The van der Waals surface area contributed by atoms with E-state index in [-0.39, 0.29) is 0 Å². The van der Waals surface area contributed by atoms with Gasteiger partial charge in [-0.1, -0.05) is 29.8 Å². The number of thioether (sulfide) groups is 1. The highest BCUT2D eigenvalue weighted by Crippen LogP contribution is 2.36. The molecule has 0 bridgehead atoms. The first-order valence-electron chi connectivity index (χ1n) is 7.08. The van der Waals surface area contributed by atoms with Crippen LogP contribution in [0, 0.1) is 6.92 Å². The summed E-state index contributed by atoms with van der Waals surface area (Å²) < 4.78 is 0. The molecule has 0 radical (unpaired) electrons. The molecule has 0 spiro atoms. The molecule has 2 rings (SSSR count). The van der Waals surface area contributed by atoms with Crippen LogP contribution >= 0.6 is 11.8 Å². The number of unbranched alkanes of at least 4 members (excludes halogenated alkanes) is 1. The Morgan fingerprint density at radius 3 is 2.56 bits per heavy atom. The number of benzene rings is 1. The van der Waals surface area contributed by atoms with Crippen LogP contribution in [-0.2, 0) is 0 Å². The van der Waals surface area contributed by atoms with Crippen molar-refractivity contribution in [3.8, 4) is 0 Å². The highest BCUT2D eigenvalue weighted by atomic mass is 32.2. The second kappa shape index (κ2) is 7.20. The molecule has 0 saturated heterocycles. The van der Waals surface area contributed by atoms with Gasteiger partial charge >= 0.3 is 0 Å². The summed E-state index contributed by atoms with van der Waals surface area (Å²) in [4.78, 5) is 0. The monoisotopic (exact) mass is 263 g/mol. The molecule has 1 aromatic rings. The van der Waals surface area contributed by atoms with Crippen molar-refractivity contribution in [2.75, 3.05) is 18.6 Å². The first-order valence-corrected chi connectivity index (χ1v) is 8.48. The Bertz CT molecular complexity index is 341. The minimum atomic E-state index is 0.769. The van der Waals surface area contributed by atoms with E-state index >= 15 is 0 Å². The van der Waals surface area contributed by atoms with Gasteiger partial charge in [0.1, 0.15) is 0 Å². The summed E-state index contributed by atoms with van der Waals surface area (Å²) in [5.41, 5.74) is 2.89. The van der Waals surface area contributed by atoms with Crippen LogP contribution in [0.15, 0.2) is 24.3 Å². The lowest BCUT2D eigenvalue weighted by atomic mass is 9.76. The summed E-state index contributed by atoms with van der Waals surface area (Å²) in [5.74, 6) is 2.10. The number of hydrogen-bond acceptors (Lipinski definition) is 2. The molecule has 0 aliphatic heterocycles. The first-order chi connectivity index (χ1) is 8.79. The van der Waals surface area contributed by atoms with Crippen molar-refractivity contribution in [2.24, 2.45) is 0 Å². The van der Waals surface area contributed by atoms with Crippen LogP contribution in [0.2, 0.25) is 0 Å². The predicted octanol–water partition coefficient (Wildman–Crippen LogP) is 3.97. The lowest BCUT2D eigenvalue weighted by molar-refractivity contribution is 0.290. The normalized spacial score (nSPS) is 22.8. The van der Waals surface area contributed by atoms with Crippen molar-refractivity contribution in [1.29, 1.82) is 0 Å². The zero-order valence-corrected chi connectivity index (χ0v) is 12.4. The van der Waals surface area contributed by atoms with E-state index in [1.165, 1.54) is 49.1 Å². The predicted molar refractivity (Wildman–Crippen MR) is 82.6 cm³/mol. The molecular formula is C16H25NS. The molecule has 0 aromatic heterocycles. The van der Waals surface area contributed by atoms with Crippen molar-refractivity contribution in [3.05, 3.63) is 35.4 Å². The van der Waals surface area contributed by atoms with Gasteiger partial charge < -0.3 is 5.32 Å². The minimum absolute atomic E-state index is 0.769. The fraction of sp³-hybridized carbons (Fsp3) is 0.625. The smallest absolute Gasteiger partial charge is 0.00787 e. The van der Waals surface area contributed by atoms with Crippen LogP contribution in [0.25, 0.3) is 0 Å². The van der Waals surface area contributed by atoms with Crippen LogP contribution in [-0.4, -0.2) is 24.6 Å². The zero-order chi connectivity index (χ0) is 12.8. The summed E-state index contributed by atoms with van der Waals surface area (Å²) in [5, 5.41) is 3.68. The van der Waals surface area contributed by atoms with Crippen LogP contribution in [0.1, 0.15) is 42.7 Å². The largest absolute Gasteiger partial charge is 0.314 e. The molecule has 1 nitrogen and oxygen atoms in total. The number of hydrogen-bond donors (Lipinski definition) is 1. The lowest BCUT2D eigenvalue weighted by Crippen LogP contribution is -2.40. The summed E-state index contributed by atoms with van der Waals surface area (Å²) >= 11 is 1.95. The molecule has 0 heterocycles. The van der Waals surface area contributed by atoms with Gasteiger partial charge in [0.05, 0.1) is 0 Å². The molecule has 1 N–H and O–H groups in total. The van der Waals surface area contributed by atoms with E-state index in [0.29, 0.717) is 0 Å². The topological polar surface area (TPSA) is 12.0 Å². The van der Waals surface area contributed by atoms with E-state index in [2.05, 4.69) is 42.8 Å². The molecular weight excluding hydrogens is 238 g/mol. The van der Waals surface area contributed by atoms with E-state index in [4.69, 9.17) is 0 Å². The summed E-state index contributed by atoms with van der Waals surface area (Å²) in [6.45, 7) is 3.36. The second-order valence-electron chi connectivity index (χ2n) is 5.43. The van der Waals surface area contributed by atoms with E-state index in [9.17, 15) is 0 Å². The molecule has 1 aromatic carbocycles. The van der Waals surface area contributed by atoms with Crippen molar-refractivity contribution in [3.63, 3.8) is 0 Å². The molecule has 0 amide bonds. The highest BCUT2D eigenvalue weighted by molar-refractivity contribution is 7.98. The van der Waals surface area contributed by atoms with Gasteiger partial charge in [0.25, 0.3) is 0 Å². The Morgan fingerprint density at radius 2 is 1.89 bits per heavy atom. The maximum atomic E-state index is 3.68. The van der Waals surface area contributed by atoms with E-state index in [0.717, 1.165) is 12.0 Å². The maximum Gasteiger partial charge on any atom is 0.00787 e. The molecule has 0 unspecified atom stereocenters. The molecule has 0 atom stereocenters. The number of aryl methyl sites for hydroxylation is 1. The van der Waals surface area contributed by atoms with Crippen LogP contribution in [0.5, 0.6) is 0 Å². The number of rotatable bonds is 7. The molecule has 1 fully saturated rings. The van der Waals surface area contributed by atoms with Crippen molar-refractivity contribution < 1.29 is 0 Å². The average molecular weight is 263 g/mol. The quantitative estimate of drug-likeness (QED) is 0.747. The van der Waals surface area contributed by atoms with Gasteiger partial charge in [-0.2, -0.15) is 11.8 Å². The third-order valence-electron chi connectivity index (χ3n) is 3.90. The average Bonchev–Trinajstić information content (AvgIpc) is 2.33. The van der Waals surface area contributed by atoms with Crippen molar-refractivity contribution >= 4 is 11.8 Å². The van der Waals surface area contributed by atoms with Gasteiger partial charge in [-0.15, -0.1) is 0 Å². The molecule has 2 heteroatoms. The van der Waals surface area contributed by atoms with Gasteiger partial charge in [0, 0.05) is 6.04 Å². The van der Waals surface area contributed by atoms with Crippen LogP contribution in [0.3, 0.4) is 0 Å². The first kappa shape index (κ1) is 14.0. The van der Waals surface area contributed by atoms with E-state index < -0.39 is 0 Å². The third kappa shape index (κ3) is 4.03. The van der Waals surface area contributed by atoms with Crippen LogP contribution < -0.4 is 5.32 Å². The van der Waals surface area contributed by atoms with Gasteiger partial charge in [-0.05, 0) is 62.6 Å². The molecule has 1 aliphatic carbocycles. The third-order valence-corrected chi connectivity index (χ3v) is 4.59. The Hall–Kier alpha value is -0.470. The minimum Gasteiger partial charge on any atom is -0.314 e. The molecule has 1 aliphatic rings. The Morgan fingerprint density at radius 1 is 1.17 bits per heavy atom. The lowest BCUT2D eigenvalue weighted by Gasteiger charge is -2.36. The van der Waals surface area contributed by atoms with Crippen molar-refractivity contribution in [1.82, 2.24) is 5.32 Å². The maximum absolute atomic E-state index is 3.68. The molecule has 1 saturated carbocycles. The standard InChI is InChI=1S/C16H25NS/c1-13-5-7-14(8-6-13)15-11-16(12-15)17-9-3-4-10-18-2/h5-8,15-17H,3-4,9-12H2,1-2H3. The van der Waals surface area contributed by atoms with E-state index in [1.807, 2.05) is 11.8 Å². The summed E-state index contributed by atoms with van der Waals surface area (Å²) in [7, 11) is 0. The number of nitrogens with one attached hydrogen (secondary N) is 1. The summed E-state index contributed by atoms with van der Waals surface area (Å²) in [6.07, 6.45) is 7.51. The zero-order valence-electron chi connectivity index (χ0n) is 11.6. The second-order valence-corrected chi connectivity index (χ2v) is 6.42. The van der Waals surface area contributed by atoms with Gasteiger partial charge in [-0.25, -0.2) is 0 Å². The van der Waals surface area contributed by atoms with Gasteiger partial charge in [0.2, 0.25) is 0 Å². The van der Waals surface area contributed by atoms with Crippen LogP contribution in [0.4, 0.5) is 0 Å². The Kier molecular flexibility index (Phi) is 5.58. The van der Waals surface area contributed by atoms with E-state index in [1.54, 1.807) is 0 Å². The summed E-state index contributed by atoms with van der Waals surface area (Å²) in [6, 6.07) is 9.84. The Balaban J connectivity index is 1.60. The van der Waals surface area contributed by atoms with Gasteiger partial charge in [0.15, 0.2) is 0 Å². The highest BCUT2D eigenvalue weighted by Gasteiger charge is 2.29. The fourth-order valence-corrected chi connectivity index (χ4v) is 3.07. The van der Waals surface area contributed by atoms with Gasteiger partial charge in [-0.3, -0.25) is 0 Å².